The van der Waals surface area contributed by atoms with Crippen molar-refractivity contribution in [2.24, 2.45) is 5.73 Å². The van der Waals surface area contributed by atoms with Gasteiger partial charge in [0, 0.05) is 18.2 Å². The molecule has 0 aliphatic carbocycles. The Morgan fingerprint density at radius 3 is 2.44 bits per heavy atom. The lowest BCUT2D eigenvalue weighted by atomic mass is 10.1. The highest BCUT2D eigenvalue weighted by Crippen LogP contribution is 2.25. The molecule has 0 unspecified atom stereocenters. The minimum absolute atomic E-state index is 0.367. The van der Waals surface area contributed by atoms with Crippen molar-refractivity contribution in [3.05, 3.63) is 23.8 Å². The van der Waals surface area contributed by atoms with Gasteiger partial charge in [-0.3, -0.25) is 4.79 Å². The van der Waals surface area contributed by atoms with Crippen LogP contribution >= 0.6 is 0 Å². The fourth-order valence-electron chi connectivity index (χ4n) is 1.78. The van der Waals surface area contributed by atoms with Crippen molar-refractivity contribution in [2.75, 3.05) is 17.2 Å². The second-order valence-corrected chi connectivity index (χ2v) is 4.02. The highest BCUT2D eigenvalue weighted by Gasteiger charge is 2.12. The molecule has 0 heterocycles. The first-order chi connectivity index (χ1) is 7.47. The first kappa shape index (κ1) is 12.4. The van der Waals surface area contributed by atoms with Gasteiger partial charge in [-0.25, -0.2) is 0 Å². The number of anilines is 2. The SMILES string of the molecule is CCN(c1ccc(C(N)=O)cc1N)C(C)C. The number of carbonyl (C=O) groups excluding carboxylic acids is 1. The minimum atomic E-state index is -0.453. The van der Waals surface area contributed by atoms with Gasteiger partial charge < -0.3 is 16.4 Å². The van der Waals surface area contributed by atoms with Gasteiger partial charge in [0.1, 0.15) is 0 Å². The predicted molar refractivity (Wildman–Crippen MR) is 67.5 cm³/mol. The number of nitrogen functional groups attached to an aromatic ring is 1. The molecule has 1 aromatic carbocycles. The van der Waals surface area contributed by atoms with Crippen molar-refractivity contribution in [3.8, 4) is 0 Å². The van der Waals surface area contributed by atoms with Crippen LogP contribution in [0.5, 0.6) is 0 Å². The van der Waals surface area contributed by atoms with E-state index in [1.54, 1.807) is 12.1 Å². The smallest absolute Gasteiger partial charge is 0.248 e. The van der Waals surface area contributed by atoms with E-state index in [9.17, 15) is 4.79 Å². The summed E-state index contributed by atoms with van der Waals surface area (Å²) in [5.41, 5.74) is 13.1. The van der Waals surface area contributed by atoms with Crippen molar-refractivity contribution in [1.29, 1.82) is 0 Å². The Labute approximate surface area is 96.2 Å². The van der Waals surface area contributed by atoms with E-state index in [0.29, 0.717) is 17.3 Å². The number of rotatable bonds is 4. The molecule has 0 saturated carbocycles. The third-order valence-electron chi connectivity index (χ3n) is 2.59. The monoisotopic (exact) mass is 221 g/mol. The standard InChI is InChI=1S/C12H19N3O/c1-4-15(8(2)3)11-6-5-9(12(14)16)7-10(11)13/h5-8H,4,13H2,1-3H3,(H2,14,16). The van der Waals surface area contributed by atoms with Gasteiger partial charge in [0.15, 0.2) is 0 Å². The molecule has 0 radical (unpaired) electrons. The molecule has 0 aliphatic rings. The van der Waals surface area contributed by atoms with Gasteiger partial charge >= 0.3 is 0 Å². The van der Waals surface area contributed by atoms with Crippen LogP contribution in [0.3, 0.4) is 0 Å². The van der Waals surface area contributed by atoms with Crippen LogP contribution in [0.2, 0.25) is 0 Å². The second-order valence-electron chi connectivity index (χ2n) is 4.02. The molecule has 4 nitrogen and oxygen atoms in total. The number of hydrogen-bond donors (Lipinski definition) is 2. The zero-order valence-electron chi connectivity index (χ0n) is 10.0. The first-order valence-electron chi connectivity index (χ1n) is 5.43. The predicted octanol–water partition coefficient (Wildman–Crippen LogP) is 1.60. The van der Waals surface area contributed by atoms with Gasteiger partial charge in [0.25, 0.3) is 0 Å². The zero-order chi connectivity index (χ0) is 12.3. The molecule has 0 saturated heterocycles. The van der Waals surface area contributed by atoms with Crippen molar-refractivity contribution in [2.45, 2.75) is 26.8 Å². The molecule has 1 aromatic rings. The molecular formula is C12H19N3O. The van der Waals surface area contributed by atoms with Crippen LogP contribution in [0, 0.1) is 0 Å². The summed E-state index contributed by atoms with van der Waals surface area (Å²) in [6, 6.07) is 5.55. The van der Waals surface area contributed by atoms with Crippen LogP contribution in [0.15, 0.2) is 18.2 Å². The summed E-state index contributed by atoms with van der Waals surface area (Å²) in [4.78, 5) is 13.2. The van der Waals surface area contributed by atoms with Gasteiger partial charge in [-0.2, -0.15) is 0 Å². The molecule has 1 rings (SSSR count). The molecule has 0 fully saturated rings. The molecule has 0 aromatic heterocycles. The van der Waals surface area contributed by atoms with Crippen LogP contribution in [0.1, 0.15) is 31.1 Å². The van der Waals surface area contributed by atoms with E-state index >= 15 is 0 Å². The van der Waals surface area contributed by atoms with E-state index in [4.69, 9.17) is 11.5 Å². The van der Waals surface area contributed by atoms with Crippen molar-refractivity contribution >= 4 is 17.3 Å². The van der Waals surface area contributed by atoms with Crippen molar-refractivity contribution in [3.63, 3.8) is 0 Å². The Morgan fingerprint density at radius 1 is 1.44 bits per heavy atom. The summed E-state index contributed by atoms with van der Waals surface area (Å²) >= 11 is 0. The Balaban J connectivity index is 3.11. The summed E-state index contributed by atoms with van der Waals surface area (Å²) in [7, 11) is 0. The molecule has 0 bridgehead atoms. The summed E-state index contributed by atoms with van der Waals surface area (Å²) < 4.78 is 0. The highest BCUT2D eigenvalue weighted by molar-refractivity contribution is 5.94. The topological polar surface area (TPSA) is 72.3 Å². The number of benzene rings is 1. The Bertz CT molecular complexity index is 388. The highest BCUT2D eigenvalue weighted by atomic mass is 16.1. The molecule has 0 atom stereocenters. The molecule has 4 N–H and O–H groups in total. The van der Waals surface area contributed by atoms with Gasteiger partial charge in [-0.05, 0) is 39.0 Å². The average Bonchev–Trinajstić information content (AvgIpc) is 2.20. The maximum atomic E-state index is 11.0. The third-order valence-corrected chi connectivity index (χ3v) is 2.59. The average molecular weight is 221 g/mol. The fourth-order valence-corrected chi connectivity index (χ4v) is 1.78. The maximum Gasteiger partial charge on any atom is 0.248 e. The van der Waals surface area contributed by atoms with E-state index in [1.165, 1.54) is 0 Å². The first-order valence-corrected chi connectivity index (χ1v) is 5.43. The summed E-state index contributed by atoms with van der Waals surface area (Å²) in [5.74, 6) is -0.453. The Hall–Kier alpha value is -1.71. The number of nitrogens with zero attached hydrogens (tertiary/aromatic N) is 1. The quantitative estimate of drug-likeness (QED) is 0.758. The zero-order valence-corrected chi connectivity index (χ0v) is 10.0. The number of nitrogens with two attached hydrogens (primary N) is 2. The number of amides is 1. The molecule has 4 heteroatoms. The van der Waals surface area contributed by atoms with Gasteiger partial charge in [0.2, 0.25) is 5.91 Å². The summed E-state index contributed by atoms with van der Waals surface area (Å²) in [6.07, 6.45) is 0. The van der Waals surface area contributed by atoms with Gasteiger partial charge in [0.05, 0.1) is 11.4 Å². The van der Waals surface area contributed by atoms with E-state index in [-0.39, 0.29) is 0 Å². The minimum Gasteiger partial charge on any atom is -0.397 e. The largest absolute Gasteiger partial charge is 0.397 e. The Morgan fingerprint density at radius 2 is 2.06 bits per heavy atom. The lowest BCUT2D eigenvalue weighted by Crippen LogP contribution is -2.31. The molecule has 1 amide bonds. The van der Waals surface area contributed by atoms with Crippen LogP contribution in [0.4, 0.5) is 11.4 Å². The molecule has 16 heavy (non-hydrogen) atoms. The van der Waals surface area contributed by atoms with Crippen LogP contribution in [-0.4, -0.2) is 18.5 Å². The van der Waals surface area contributed by atoms with E-state index < -0.39 is 5.91 Å². The fraction of sp³-hybridized carbons (Fsp3) is 0.417. The number of hydrogen-bond acceptors (Lipinski definition) is 3. The maximum absolute atomic E-state index is 11.0. The normalized spacial score (nSPS) is 10.5. The molecule has 0 aliphatic heterocycles. The van der Waals surface area contributed by atoms with Crippen molar-refractivity contribution in [1.82, 2.24) is 0 Å². The van der Waals surface area contributed by atoms with Crippen LogP contribution < -0.4 is 16.4 Å². The Kier molecular flexibility index (Phi) is 3.77. The van der Waals surface area contributed by atoms with Crippen molar-refractivity contribution < 1.29 is 4.79 Å². The lowest BCUT2D eigenvalue weighted by molar-refractivity contribution is 0.100. The van der Waals surface area contributed by atoms with Gasteiger partial charge in [-0.15, -0.1) is 0 Å². The van der Waals surface area contributed by atoms with E-state index in [0.717, 1.165) is 12.2 Å². The van der Waals surface area contributed by atoms with Crippen LogP contribution in [-0.2, 0) is 0 Å². The molecular weight excluding hydrogens is 202 g/mol. The molecule has 88 valence electrons. The summed E-state index contributed by atoms with van der Waals surface area (Å²) in [5, 5.41) is 0. The molecule has 0 spiro atoms. The van der Waals surface area contributed by atoms with Gasteiger partial charge in [-0.1, -0.05) is 0 Å². The van der Waals surface area contributed by atoms with Crippen LogP contribution in [0.25, 0.3) is 0 Å². The number of primary amides is 1. The second kappa shape index (κ2) is 4.88. The van der Waals surface area contributed by atoms with E-state index in [2.05, 4.69) is 25.7 Å². The number of carbonyl (C=O) groups is 1. The lowest BCUT2D eigenvalue weighted by Gasteiger charge is -2.28. The van der Waals surface area contributed by atoms with E-state index in [1.807, 2.05) is 6.07 Å². The summed E-state index contributed by atoms with van der Waals surface area (Å²) in [6.45, 7) is 7.15. The third kappa shape index (κ3) is 2.45.